The van der Waals surface area contributed by atoms with Gasteiger partial charge in [-0.2, -0.15) is 0 Å². The van der Waals surface area contributed by atoms with Crippen LogP contribution < -0.4 is 16.8 Å². The molecule has 72 valence electrons. The summed E-state index contributed by atoms with van der Waals surface area (Å²) in [6.07, 6.45) is 1.17. The standard InChI is InChI=1S/C6H13ClN4O.Zn/c7-5(12)4(8)2-1-3-11-6(9)10;/h4H,1-3,8H2,(H4,9,10,11);. The molecule has 0 bridgehead atoms. The van der Waals surface area contributed by atoms with Gasteiger partial charge in [0.25, 0.3) is 0 Å². The van der Waals surface area contributed by atoms with Crippen LogP contribution in [0.5, 0.6) is 0 Å². The molecule has 0 aliphatic rings. The molecule has 7 heteroatoms. The number of nitrogens with one attached hydrogen (secondary N) is 2. The second kappa shape index (κ2) is 8.41. The molecule has 0 heterocycles. The van der Waals surface area contributed by atoms with Crippen molar-refractivity contribution in [3.8, 4) is 0 Å². The fourth-order valence-electron chi connectivity index (χ4n) is 0.659. The predicted octanol–water partition coefficient (Wildman–Crippen LogP) is -0.660. The molecule has 0 aromatic heterocycles. The van der Waals surface area contributed by atoms with E-state index in [9.17, 15) is 4.79 Å². The topological polar surface area (TPSA) is 105 Å². The van der Waals surface area contributed by atoms with E-state index in [-0.39, 0.29) is 25.4 Å². The van der Waals surface area contributed by atoms with Gasteiger partial charge in [-0.3, -0.25) is 10.2 Å². The molecule has 0 radical (unpaired) electrons. The van der Waals surface area contributed by atoms with Gasteiger partial charge in [0, 0.05) is 26.0 Å². The first-order valence-corrected chi connectivity index (χ1v) is 3.94. The van der Waals surface area contributed by atoms with Gasteiger partial charge in [0.1, 0.15) is 0 Å². The summed E-state index contributed by atoms with van der Waals surface area (Å²) in [6, 6.07) is -0.611. The van der Waals surface area contributed by atoms with Crippen LogP contribution in [0.1, 0.15) is 12.8 Å². The third-order valence-electron chi connectivity index (χ3n) is 1.30. The van der Waals surface area contributed by atoms with Crippen LogP contribution in [0, 0.1) is 5.41 Å². The zero-order valence-electron chi connectivity index (χ0n) is 7.35. The molecule has 13 heavy (non-hydrogen) atoms. The van der Waals surface area contributed by atoms with Crippen LogP contribution in [0.2, 0.25) is 0 Å². The van der Waals surface area contributed by atoms with E-state index in [1.165, 1.54) is 0 Å². The summed E-state index contributed by atoms with van der Waals surface area (Å²) in [5, 5.41) is 8.87. The Morgan fingerprint density at radius 1 is 1.62 bits per heavy atom. The van der Waals surface area contributed by atoms with E-state index in [4.69, 9.17) is 28.5 Å². The minimum absolute atomic E-state index is 0. The van der Waals surface area contributed by atoms with Crippen LogP contribution in [0.25, 0.3) is 0 Å². The molecule has 0 aromatic carbocycles. The molecule has 1 atom stereocenters. The number of halogens is 1. The van der Waals surface area contributed by atoms with Gasteiger partial charge < -0.3 is 16.8 Å². The van der Waals surface area contributed by atoms with Crippen molar-refractivity contribution in [2.45, 2.75) is 18.9 Å². The molecule has 6 N–H and O–H groups in total. The van der Waals surface area contributed by atoms with E-state index in [1.54, 1.807) is 0 Å². The first kappa shape index (κ1) is 15.3. The number of hydrogen-bond donors (Lipinski definition) is 4. The largest absolute Gasteiger partial charge is 0.370 e. The first-order valence-electron chi connectivity index (χ1n) is 3.57. The molecule has 1 unspecified atom stereocenters. The maximum atomic E-state index is 10.4. The van der Waals surface area contributed by atoms with Gasteiger partial charge in [-0.1, -0.05) is 0 Å². The van der Waals surface area contributed by atoms with Crippen LogP contribution in [0.4, 0.5) is 0 Å². The first-order chi connectivity index (χ1) is 5.54. The number of carbonyl (C=O) groups excluding carboxylic acids is 1. The third kappa shape index (κ3) is 9.73. The van der Waals surface area contributed by atoms with E-state index < -0.39 is 11.3 Å². The summed E-state index contributed by atoms with van der Waals surface area (Å²) in [7, 11) is 0. The van der Waals surface area contributed by atoms with Crippen molar-refractivity contribution >= 4 is 22.8 Å². The Balaban J connectivity index is 0. The zero-order valence-corrected chi connectivity index (χ0v) is 11.1. The van der Waals surface area contributed by atoms with Crippen molar-refractivity contribution in [1.82, 2.24) is 5.32 Å². The van der Waals surface area contributed by atoms with Crippen molar-refractivity contribution < 1.29 is 24.3 Å². The predicted molar refractivity (Wildman–Crippen MR) is 48.0 cm³/mol. The van der Waals surface area contributed by atoms with Crippen LogP contribution >= 0.6 is 11.6 Å². The summed E-state index contributed by atoms with van der Waals surface area (Å²) >= 11 is 5.12. The second-order valence-corrected chi connectivity index (χ2v) is 2.77. The zero-order chi connectivity index (χ0) is 9.56. The van der Waals surface area contributed by atoms with Gasteiger partial charge in [0.15, 0.2) is 5.96 Å². The summed E-state index contributed by atoms with van der Waals surface area (Å²) in [4.78, 5) is 10.4. The van der Waals surface area contributed by atoms with Gasteiger partial charge >= 0.3 is 0 Å². The average molecular weight is 258 g/mol. The van der Waals surface area contributed by atoms with Gasteiger partial charge in [-0.05, 0) is 24.4 Å². The van der Waals surface area contributed by atoms with Crippen LogP contribution in [-0.2, 0) is 24.3 Å². The molecular weight excluding hydrogens is 245 g/mol. The molecule has 0 fully saturated rings. The molecular formula is C6H13ClN4OZn. The average Bonchev–Trinajstić information content (AvgIpc) is 1.97. The summed E-state index contributed by atoms with van der Waals surface area (Å²) in [5.41, 5.74) is 10.4. The van der Waals surface area contributed by atoms with E-state index in [2.05, 4.69) is 5.32 Å². The normalized spacial score (nSPS) is 11.2. The van der Waals surface area contributed by atoms with Crippen molar-refractivity contribution in [2.75, 3.05) is 6.54 Å². The van der Waals surface area contributed by atoms with Crippen LogP contribution in [0.15, 0.2) is 0 Å². The molecule has 0 aliphatic carbocycles. The molecule has 0 spiro atoms. The quantitative estimate of drug-likeness (QED) is 0.173. The van der Waals surface area contributed by atoms with Crippen molar-refractivity contribution in [3.05, 3.63) is 0 Å². The number of nitrogens with two attached hydrogens (primary N) is 2. The number of guanidine groups is 1. The molecule has 0 amide bonds. The Bertz CT molecular complexity index is 178. The summed E-state index contributed by atoms with van der Waals surface area (Å²) in [5.74, 6) is -0.0826. The monoisotopic (exact) mass is 256 g/mol. The van der Waals surface area contributed by atoms with Gasteiger partial charge in [0.05, 0.1) is 6.04 Å². The van der Waals surface area contributed by atoms with E-state index >= 15 is 0 Å². The number of carbonyl (C=O) groups is 1. The SMILES string of the molecule is N=C(N)NCCCC(N)C(=O)Cl.[Zn]. The fraction of sp³-hybridized carbons (Fsp3) is 0.667. The summed E-state index contributed by atoms with van der Waals surface area (Å²) < 4.78 is 0. The Hall–Kier alpha value is -0.187. The summed E-state index contributed by atoms with van der Waals surface area (Å²) in [6.45, 7) is 0.535. The molecule has 0 saturated heterocycles. The molecule has 0 saturated carbocycles. The molecule has 0 aromatic rings. The minimum Gasteiger partial charge on any atom is -0.370 e. The van der Waals surface area contributed by atoms with Gasteiger partial charge in [-0.25, -0.2) is 0 Å². The van der Waals surface area contributed by atoms with Crippen LogP contribution in [0.3, 0.4) is 0 Å². The van der Waals surface area contributed by atoms with Gasteiger partial charge in [0.2, 0.25) is 5.24 Å². The fourth-order valence-corrected chi connectivity index (χ4v) is 0.768. The Morgan fingerprint density at radius 2 is 2.15 bits per heavy atom. The molecule has 0 aliphatic heterocycles. The molecule has 0 rings (SSSR count). The van der Waals surface area contributed by atoms with Gasteiger partial charge in [-0.15, -0.1) is 0 Å². The third-order valence-corrected chi connectivity index (χ3v) is 1.58. The Labute approximate surface area is 94.8 Å². The van der Waals surface area contributed by atoms with E-state index in [0.29, 0.717) is 19.4 Å². The second-order valence-electron chi connectivity index (χ2n) is 2.39. The molecule has 5 nitrogen and oxygen atoms in total. The number of hydrogen-bond acceptors (Lipinski definition) is 3. The van der Waals surface area contributed by atoms with Crippen molar-refractivity contribution in [1.29, 1.82) is 5.41 Å². The maximum absolute atomic E-state index is 10.4. The van der Waals surface area contributed by atoms with Crippen molar-refractivity contribution in [2.24, 2.45) is 11.5 Å². The smallest absolute Gasteiger partial charge is 0.238 e. The van der Waals surface area contributed by atoms with Crippen LogP contribution in [-0.4, -0.2) is 23.8 Å². The maximum Gasteiger partial charge on any atom is 0.238 e. The van der Waals surface area contributed by atoms with E-state index in [0.717, 1.165) is 0 Å². The Kier molecular flexibility index (Phi) is 9.90. The number of rotatable bonds is 5. The minimum atomic E-state index is -0.611. The Morgan fingerprint density at radius 3 is 2.54 bits per heavy atom. The van der Waals surface area contributed by atoms with Crippen molar-refractivity contribution in [3.63, 3.8) is 0 Å². The van der Waals surface area contributed by atoms with E-state index in [1.807, 2.05) is 0 Å².